The molecule has 1 aliphatic carbocycles. The van der Waals surface area contributed by atoms with Crippen LogP contribution < -0.4 is 0 Å². The van der Waals surface area contributed by atoms with Gasteiger partial charge in [0.2, 0.25) is 5.91 Å². The fourth-order valence-corrected chi connectivity index (χ4v) is 5.50. The van der Waals surface area contributed by atoms with Crippen LogP contribution in [0.5, 0.6) is 0 Å². The van der Waals surface area contributed by atoms with Crippen molar-refractivity contribution in [1.29, 1.82) is 0 Å². The molecule has 4 heteroatoms. The second-order valence-electron chi connectivity index (χ2n) is 8.37. The van der Waals surface area contributed by atoms with Crippen molar-refractivity contribution in [3.8, 4) is 0 Å². The Hall–Kier alpha value is -1.39. The highest BCUT2D eigenvalue weighted by atomic mass is 16.3. The summed E-state index contributed by atoms with van der Waals surface area (Å²) in [6.07, 6.45) is 8.40. The largest absolute Gasteiger partial charge is 0.385 e. The quantitative estimate of drug-likeness (QED) is 0.901. The van der Waals surface area contributed by atoms with Gasteiger partial charge >= 0.3 is 0 Å². The maximum atomic E-state index is 12.4. The normalized spacial score (nSPS) is 32.4. The minimum atomic E-state index is -0.707. The lowest BCUT2D eigenvalue weighted by molar-refractivity contribution is -0.134. The Bertz CT molecular complexity index is 614. The van der Waals surface area contributed by atoms with Gasteiger partial charge in [-0.25, -0.2) is 0 Å². The first-order valence-corrected chi connectivity index (χ1v) is 10.5. The molecule has 1 aromatic rings. The third-order valence-electron chi connectivity index (χ3n) is 6.94. The molecule has 142 valence electrons. The van der Waals surface area contributed by atoms with E-state index in [-0.39, 0.29) is 5.92 Å². The number of hydrogen-bond acceptors (Lipinski definition) is 3. The Labute approximate surface area is 157 Å². The van der Waals surface area contributed by atoms with Crippen LogP contribution in [0.1, 0.15) is 56.9 Å². The van der Waals surface area contributed by atoms with Crippen molar-refractivity contribution in [2.45, 2.75) is 63.0 Å². The number of carbonyl (C=O) groups excluding carboxylic acids is 1. The summed E-state index contributed by atoms with van der Waals surface area (Å²) < 4.78 is 0. The number of fused-ring (bicyclic) bond motifs is 1. The fraction of sp³-hybridized carbons (Fsp3) is 0.682. The first-order valence-electron chi connectivity index (χ1n) is 10.5. The van der Waals surface area contributed by atoms with Crippen LogP contribution in [0.4, 0.5) is 0 Å². The zero-order valence-electron chi connectivity index (χ0n) is 15.8. The van der Waals surface area contributed by atoms with Gasteiger partial charge in [-0.15, -0.1) is 0 Å². The molecule has 0 bridgehead atoms. The summed E-state index contributed by atoms with van der Waals surface area (Å²) in [6, 6.07) is 10.7. The van der Waals surface area contributed by atoms with Crippen LogP contribution in [-0.4, -0.2) is 53.0 Å². The third kappa shape index (κ3) is 3.41. The summed E-state index contributed by atoms with van der Waals surface area (Å²) in [5, 5.41) is 11.6. The molecule has 4 nitrogen and oxygen atoms in total. The van der Waals surface area contributed by atoms with Crippen LogP contribution in [0.15, 0.2) is 30.3 Å². The van der Waals surface area contributed by atoms with E-state index in [1.54, 1.807) is 0 Å². The molecule has 0 radical (unpaired) electrons. The van der Waals surface area contributed by atoms with E-state index in [1.165, 1.54) is 12.8 Å². The van der Waals surface area contributed by atoms with Gasteiger partial charge in [-0.05, 0) is 37.7 Å². The second kappa shape index (κ2) is 7.69. The first kappa shape index (κ1) is 18.0. The SMILES string of the molecule is O=C(CCN1CC[C@](O)(c2ccccc2)[C@@H]2CCCC[C@H]21)N1CCCC1. The monoisotopic (exact) mass is 356 g/mol. The van der Waals surface area contributed by atoms with E-state index in [0.717, 1.165) is 63.8 Å². The fourth-order valence-electron chi connectivity index (χ4n) is 5.50. The van der Waals surface area contributed by atoms with Gasteiger partial charge in [0, 0.05) is 44.6 Å². The zero-order chi connectivity index (χ0) is 18.0. The maximum absolute atomic E-state index is 12.4. The van der Waals surface area contributed by atoms with Crippen molar-refractivity contribution < 1.29 is 9.90 Å². The Morgan fingerprint density at radius 1 is 1.04 bits per heavy atom. The molecule has 4 rings (SSSR count). The number of aliphatic hydroxyl groups is 1. The molecule has 0 aromatic heterocycles. The van der Waals surface area contributed by atoms with E-state index in [2.05, 4.69) is 17.0 Å². The summed E-state index contributed by atoms with van der Waals surface area (Å²) >= 11 is 0. The van der Waals surface area contributed by atoms with Gasteiger partial charge < -0.3 is 10.0 Å². The number of nitrogens with zero attached hydrogens (tertiary/aromatic N) is 2. The molecular formula is C22H32N2O2. The molecular weight excluding hydrogens is 324 g/mol. The zero-order valence-corrected chi connectivity index (χ0v) is 15.8. The number of carbonyl (C=O) groups is 1. The first-order chi connectivity index (χ1) is 12.7. The van der Waals surface area contributed by atoms with Gasteiger partial charge in [0.15, 0.2) is 0 Å². The molecule has 2 aliphatic heterocycles. The molecule has 3 fully saturated rings. The highest BCUT2D eigenvalue weighted by Crippen LogP contribution is 2.46. The second-order valence-corrected chi connectivity index (χ2v) is 8.37. The molecule has 1 saturated carbocycles. The third-order valence-corrected chi connectivity index (χ3v) is 6.94. The van der Waals surface area contributed by atoms with Gasteiger partial charge in [-0.3, -0.25) is 9.69 Å². The summed E-state index contributed by atoms with van der Waals surface area (Å²) in [4.78, 5) is 17.0. The highest BCUT2D eigenvalue weighted by molar-refractivity contribution is 5.76. The van der Waals surface area contributed by atoms with Crippen molar-refractivity contribution in [2.24, 2.45) is 5.92 Å². The van der Waals surface area contributed by atoms with Gasteiger partial charge in [-0.2, -0.15) is 0 Å². The molecule has 1 aromatic carbocycles. The average Bonchev–Trinajstić information content (AvgIpc) is 3.23. The Morgan fingerprint density at radius 3 is 2.54 bits per heavy atom. The number of rotatable bonds is 4. The van der Waals surface area contributed by atoms with Crippen molar-refractivity contribution in [1.82, 2.24) is 9.80 Å². The van der Waals surface area contributed by atoms with E-state index < -0.39 is 5.60 Å². The highest BCUT2D eigenvalue weighted by Gasteiger charge is 2.48. The van der Waals surface area contributed by atoms with Gasteiger partial charge in [0.1, 0.15) is 0 Å². The predicted octanol–water partition coefficient (Wildman–Crippen LogP) is 3.15. The number of likely N-dealkylation sites (tertiary alicyclic amines) is 2. The Morgan fingerprint density at radius 2 is 1.77 bits per heavy atom. The van der Waals surface area contributed by atoms with Gasteiger partial charge in [-0.1, -0.05) is 43.2 Å². The molecule has 0 unspecified atom stereocenters. The molecule has 26 heavy (non-hydrogen) atoms. The topological polar surface area (TPSA) is 43.8 Å². The van der Waals surface area contributed by atoms with Crippen LogP contribution >= 0.6 is 0 Å². The minimum Gasteiger partial charge on any atom is -0.385 e. The maximum Gasteiger partial charge on any atom is 0.223 e. The molecule has 1 N–H and O–H groups in total. The van der Waals surface area contributed by atoms with Crippen molar-refractivity contribution in [3.05, 3.63) is 35.9 Å². The average molecular weight is 357 g/mol. The molecule has 1 amide bonds. The Kier molecular flexibility index (Phi) is 5.32. The van der Waals surface area contributed by atoms with E-state index in [0.29, 0.717) is 18.4 Å². The number of amides is 1. The Balaban J connectivity index is 1.45. The van der Waals surface area contributed by atoms with Gasteiger partial charge in [0.05, 0.1) is 5.60 Å². The van der Waals surface area contributed by atoms with Crippen LogP contribution in [0.2, 0.25) is 0 Å². The molecule has 3 atom stereocenters. The lowest BCUT2D eigenvalue weighted by Gasteiger charge is -2.52. The minimum absolute atomic E-state index is 0.286. The van der Waals surface area contributed by atoms with Crippen molar-refractivity contribution in [2.75, 3.05) is 26.2 Å². The van der Waals surface area contributed by atoms with Crippen LogP contribution in [0.3, 0.4) is 0 Å². The number of benzene rings is 1. The number of piperidine rings is 1. The molecule has 0 spiro atoms. The smallest absolute Gasteiger partial charge is 0.223 e. The summed E-state index contributed by atoms with van der Waals surface area (Å²) in [7, 11) is 0. The lowest BCUT2D eigenvalue weighted by atomic mass is 9.66. The van der Waals surface area contributed by atoms with E-state index >= 15 is 0 Å². The lowest BCUT2D eigenvalue weighted by Crippen LogP contribution is -2.57. The summed E-state index contributed by atoms with van der Waals surface area (Å²) in [5.41, 5.74) is 0.367. The molecule has 2 heterocycles. The summed E-state index contributed by atoms with van der Waals surface area (Å²) in [6.45, 7) is 3.62. The number of hydrogen-bond donors (Lipinski definition) is 1. The molecule has 3 aliphatic rings. The molecule has 2 saturated heterocycles. The predicted molar refractivity (Wildman–Crippen MR) is 103 cm³/mol. The van der Waals surface area contributed by atoms with E-state index in [1.807, 2.05) is 23.1 Å². The van der Waals surface area contributed by atoms with E-state index in [9.17, 15) is 9.90 Å². The van der Waals surface area contributed by atoms with E-state index in [4.69, 9.17) is 0 Å². The van der Waals surface area contributed by atoms with Crippen LogP contribution in [0.25, 0.3) is 0 Å². The van der Waals surface area contributed by atoms with Crippen LogP contribution in [-0.2, 0) is 10.4 Å². The van der Waals surface area contributed by atoms with Crippen molar-refractivity contribution in [3.63, 3.8) is 0 Å². The van der Waals surface area contributed by atoms with Crippen LogP contribution in [0, 0.1) is 5.92 Å². The summed E-state index contributed by atoms with van der Waals surface area (Å²) in [5.74, 6) is 0.605. The van der Waals surface area contributed by atoms with Gasteiger partial charge in [0.25, 0.3) is 0 Å². The van der Waals surface area contributed by atoms with Crippen molar-refractivity contribution >= 4 is 5.91 Å². The standard InChI is InChI=1S/C22H32N2O2/c25-21(24-14-6-7-15-24)12-16-23-17-13-22(26,18-8-2-1-3-9-18)19-10-4-5-11-20(19)23/h1-3,8-9,19-20,26H,4-7,10-17H2/t19-,20-,22+/m1/s1.